The number of carbonyl (C=O) groups is 1. The molecule has 0 aromatic heterocycles. The lowest BCUT2D eigenvalue weighted by Crippen LogP contribution is -2.12. The third-order valence-corrected chi connectivity index (χ3v) is 1.28. The number of amides is 1. The summed E-state index contributed by atoms with van der Waals surface area (Å²) in [6.07, 6.45) is 2.80. The second-order valence-electron chi connectivity index (χ2n) is 2.06. The molecule has 0 radical (unpaired) electrons. The van der Waals surface area contributed by atoms with Crippen LogP contribution >= 0.6 is 12.6 Å². The Balaban J connectivity index is 2.82. The lowest BCUT2D eigenvalue weighted by molar-refractivity contribution is -0.109. The molecule has 54 valence electrons. The first-order chi connectivity index (χ1) is 4.27. The summed E-state index contributed by atoms with van der Waals surface area (Å²) in [4.78, 5) is 9.72. The van der Waals surface area contributed by atoms with Gasteiger partial charge in [-0.05, 0) is 18.1 Å². The van der Waals surface area contributed by atoms with Crippen LogP contribution in [0.5, 0.6) is 0 Å². The predicted molar refractivity (Wildman–Crippen MR) is 41.7 cm³/mol. The summed E-state index contributed by atoms with van der Waals surface area (Å²) in [6, 6.07) is 0. The molecule has 0 aromatic rings. The SMILES string of the molecule is CC(S)CCCNC=O. The van der Waals surface area contributed by atoms with E-state index in [4.69, 9.17) is 0 Å². The molecule has 0 aliphatic carbocycles. The standard InChI is InChI=1S/C6H13NOS/c1-6(9)3-2-4-7-5-8/h5-6,9H,2-4H2,1H3,(H,7,8). The van der Waals surface area contributed by atoms with Crippen LogP contribution in [0.2, 0.25) is 0 Å². The number of carbonyl (C=O) groups excluding carboxylic acids is 1. The van der Waals surface area contributed by atoms with E-state index in [0.717, 1.165) is 25.8 Å². The van der Waals surface area contributed by atoms with Gasteiger partial charge in [0, 0.05) is 6.54 Å². The van der Waals surface area contributed by atoms with Gasteiger partial charge in [0.1, 0.15) is 0 Å². The van der Waals surface area contributed by atoms with Gasteiger partial charge in [0.25, 0.3) is 0 Å². The Morgan fingerprint density at radius 2 is 2.44 bits per heavy atom. The summed E-state index contributed by atoms with van der Waals surface area (Å²) < 4.78 is 0. The molecule has 0 aliphatic rings. The maximum absolute atomic E-state index is 9.72. The number of rotatable bonds is 5. The smallest absolute Gasteiger partial charge is 0.207 e. The summed E-state index contributed by atoms with van der Waals surface area (Å²) in [5.74, 6) is 0. The first-order valence-electron chi connectivity index (χ1n) is 3.12. The van der Waals surface area contributed by atoms with E-state index < -0.39 is 0 Å². The van der Waals surface area contributed by atoms with Crippen LogP contribution in [0.3, 0.4) is 0 Å². The van der Waals surface area contributed by atoms with Crippen molar-refractivity contribution >= 4 is 19.0 Å². The van der Waals surface area contributed by atoms with Crippen molar-refractivity contribution in [1.82, 2.24) is 5.32 Å². The summed E-state index contributed by atoms with van der Waals surface area (Å²) in [5, 5.41) is 3.03. The molecule has 0 spiro atoms. The Kier molecular flexibility index (Phi) is 5.83. The van der Waals surface area contributed by atoms with Gasteiger partial charge in [0.05, 0.1) is 0 Å². The molecule has 0 fully saturated rings. The van der Waals surface area contributed by atoms with E-state index in [1.807, 2.05) is 6.92 Å². The van der Waals surface area contributed by atoms with Crippen LogP contribution in [-0.4, -0.2) is 18.2 Å². The van der Waals surface area contributed by atoms with Crippen molar-refractivity contribution in [1.29, 1.82) is 0 Å². The van der Waals surface area contributed by atoms with Crippen molar-refractivity contribution in [3.63, 3.8) is 0 Å². The Morgan fingerprint density at radius 1 is 1.78 bits per heavy atom. The van der Waals surface area contributed by atoms with Crippen LogP contribution < -0.4 is 5.32 Å². The molecule has 2 nitrogen and oxygen atoms in total. The van der Waals surface area contributed by atoms with Gasteiger partial charge in [-0.3, -0.25) is 4.79 Å². The Hall–Kier alpha value is -0.180. The first-order valence-corrected chi connectivity index (χ1v) is 3.64. The van der Waals surface area contributed by atoms with Gasteiger partial charge in [-0.2, -0.15) is 12.6 Å². The zero-order valence-electron chi connectivity index (χ0n) is 5.63. The molecule has 0 bridgehead atoms. The topological polar surface area (TPSA) is 29.1 Å². The van der Waals surface area contributed by atoms with Crippen molar-refractivity contribution < 1.29 is 4.79 Å². The minimum Gasteiger partial charge on any atom is -0.359 e. The van der Waals surface area contributed by atoms with E-state index in [9.17, 15) is 4.79 Å². The highest BCUT2D eigenvalue weighted by atomic mass is 32.1. The van der Waals surface area contributed by atoms with Gasteiger partial charge in [-0.25, -0.2) is 0 Å². The van der Waals surface area contributed by atoms with Gasteiger partial charge >= 0.3 is 0 Å². The number of hydrogen-bond acceptors (Lipinski definition) is 2. The van der Waals surface area contributed by atoms with E-state index in [0.29, 0.717) is 5.25 Å². The van der Waals surface area contributed by atoms with Gasteiger partial charge in [0.2, 0.25) is 6.41 Å². The van der Waals surface area contributed by atoms with Crippen molar-refractivity contribution in [2.75, 3.05) is 6.54 Å². The predicted octanol–water partition coefficient (Wildman–Crippen LogP) is 0.831. The monoisotopic (exact) mass is 147 g/mol. The first kappa shape index (κ1) is 8.82. The van der Waals surface area contributed by atoms with Gasteiger partial charge in [0.15, 0.2) is 0 Å². The third kappa shape index (κ3) is 7.82. The normalized spacial score (nSPS) is 12.7. The average molecular weight is 147 g/mol. The minimum absolute atomic E-state index is 0.443. The summed E-state index contributed by atoms with van der Waals surface area (Å²) >= 11 is 4.18. The second-order valence-corrected chi connectivity index (χ2v) is 2.94. The molecule has 3 heteroatoms. The van der Waals surface area contributed by atoms with Gasteiger partial charge < -0.3 is 5.32 Å². The lowest BCUT2D eigenvalue weighted by Gasteiger charge is -2.01. The average Bonchev–Trinajstić information content (AvgIpc) is 1.80. The highest BCUT2D eigenvalue weighted by Crippen LogP contribution is 2.00. The third-order valence-electron chi connectivity index (χ3n) is 1.03. The number of hydrogen-bond donors (Lipinski definition) is 2. The molecule has 0 aliphatic heterocycles. The molecule has 0 rings (SSSR count). The van der Waals surface area contributed by atoms with E-state index in [2.05, 4.69) is 17.9 Å². The summed E-state index contributed by atoms with van der Waals surface area (Å²) in [5.41, 5.74) is 0. The molecule has 1 N–H and O–H groups in total. The van der Waals surface area contributed by atoms with E-state index in [-0.39, 0.29) is 0 Å². The maximum Gasteiger partial charge on any atom is 0.207 e. The van der Waals surface area contributed by atoms with Gasteiger partial charge in [-0.15, -0.1) is 0 Å². The fourth-order valence-corrected chi connectivity index (χ4v) is 0.741. The molecule has 9 heavy (non-hydrogen) atoms. The molecule has 0 heterocycles. The Labute approximate surface area is 61.4 Å². The molecule has 1 unspecified atom stereocenters. The van der Waals surface area contributed by atoms with Crippen LogP contribution in [-0.2, 0) is 4.79 Å². The Morgan fingerprint density at radius 3 is 2.89 bits per heavy atom. The van der Waals surface area contributed by atoms with E-state index in [1.165, 1.54) is 0 Å². The molecule has 0 saturated heterocycles. The second kappa shape index (κ2) is 5.95. The minimum atomic E-state index is 0.443. The quantitative estimate of drug-likeness (QED) is 0.336. The highest BCUT2D eigenvalue weighted by Gasteiger charge is 1.91. The van der Waals surface area contributed by atoms with Crippen molar-refractivity contribution in [2.45, 2.75) is 25.0 Å². The fourth-order valence-electron chi connectivity index (χ4n) is 0.558. The van der Waals surface area contributed by atoms with Crippen molar-refractivity contribution in [2.24, 2.45) is 0 Å². The molecular weight excluding hydrogens is 134 g/mol. The van der Waals surface area contributed by atoms with Gasteiger partial charge in [-0.1, -0.05) is 6.92 Å². The number of thiol groups is 1. The lowest BCUT2D eigenvalue weighted by atomic mass is 10.2. The van der Waals surface area contributed by atoms with Crippen LogP contribution in [0.4, 0.5) is 0 Å². The molecule has 1 atom stereocenters. The Bertz CT molecular complexity index is 75.5. The highest BCUT2D eigenvalue weighted by molar-refractivity contribution is 7.80. The molecule has 0 aromatic carbocycles. The number of nitrogens with one attached hydrogen (secondary N) is 1. The van der Waals surface area contributed by atoms with E-state index >= 15 is 0 Å². The zero-order chi connectivity index (χ0) is 7.11. The molecular formula is C6H13NOS. The van der Waals surface area contributed by atoms with Crippen molar-refractivity contribution in [3.05, 3.63) is 0 Å². The molecule has 1 amide bonds. The van der Waals surface area contributed by atoms with Crippen LogP contribution in [0.25, 0.3) is 0 Å². The summed E-state index contributed by atoms with van der Waals surface area (Å²) in [7, 11) is 0. The molecule has 0 saturated carbocycles. The van der Waals surface area contributed by atoms with Crippen LogP contribution in [0.1, 0.15) is 19.8 Å². The maximum atomic E-state index is 9.72. The largest absolute Gasteiger partial charge is 0.359 e. The summed E-state index contributed by atoms with van der Waals surface area (Å²) in [6.45, 7) is 2.82. The van der Waals surface area contributed by atoms with Crippen molar-refractivity contribution in [3.8, 4) is 0 Å². The van der Waals surface area contributed by atoms with Crippen LogP contribution in [0, 0.1) is 0 Å². The fraction of sp³-hybridized carbons (Fsp3) is 0.833. The van der Waals surface area contributed by atoms with E-state index in [1.54, 1.807) is 0 Å². The zero-order valence-corrected chi connectivity index (χ0v) is 6.53. The van der Waals surface area contributed by atoms with Crippen LogP contribution in [0.15, 0.2) is 0 Å².